The first-order valence-electron chi connectivity index (χ1n) is 8.78. The van der Waals surface area contributed by atoms with Crippen LogP contribution in [-0.4, -0.2) is 51.5 Å². The van der Waals surface area contributed by atoms with Crippen LogP contribution in [-0.2, 0) is 0 Å². The van der Waals surface area contributed by atoms with E-state index in [2.05, 4.69) is 25.6 Å². The molecule has 10 heteroatoms. The summed E-state index contributed by atoms with van der Waals surface area (Å²) >= 11 is 3.03. The lowest BCUT2D eigenvalue weighted by atomic mass is 10.1. The number of thioether (sulfide) groups is 1. The molecule has 1 N–H and O–H groups in total. The third-order valence-electron chi connectivity index (χ3n) is 4.22. The first-order chi connectivity index (χ1) is 13.3. The summed E-state index contributed by atoms with van der Waals surface area (Å²) in [4.78, 5) is 14.8. The van der Waals surface area contributed by atoms with Crippen molar-refractivity contribution in [2.75, 3.05) is 30.7 Å². The second kappa shape index (κ2) is 8.68. The Morgan fingerprint density at radius 1 is 1.26 bits per heavy atom. The molecule has 1 aliphatic heterocycles. The Kier molecular flexibility index (Phi) is 5.85. The quantitative estimate of drug-likeness (QED) is 0.470. The van der Waals surface area contributed by atoms with E-state index in [1.165, 1.54) is 56.0 Å². The molecule has 142 valence electrons. The molecule has 1 aliphatic rings. The van der Waals surface area contributed by atoms with Crippen LogP contribution in [0.25, 0.3) is 11.5 Å². The van der Waals surface area contributed by atoms with Crippen LogP contribution in [0.5, 0.6) is 0 Å². The van der Waals surface area contributed by atoms with Gasteiger partial charge in [0.1, 0.15) is 0 Å². The standard InChI is InChI=1S/C17H19N5O3S2/c23-15(12-11-14(25-21-12)13-5-4-9-24-13)18-16-19-20-17(27-16)26-10-8-22-6-2-1-3-7-22/h4-5,9,11H,1-3,6-8,10H2,(H,18,19,23). The lowest BCUT2D eigenvalue weighted by molar-refractivity contribution is 0.101. The van der Waals surface area contributed by atoms with Gasteiger partial charge in [0.15, 0.2) is 15.8 Å². The van der Waals surface area contributed by atoms with Gasteiger partial charge in [0.05, 0.1) is 6.26 Å². The molecule has 3 aromatic heterocycles. The van der Waals surface area contributed by atoms with Crippen molar-refractivity contribution in [3.05, 3.63) is 30.2 Å². The van der Waals surface area contributed by atoms with Crippen molar-refractivity contribution in [2.24, 2.45) is 0 Å². The fraction of sp³-hybridized carbons (Fsp3) is 0.412. The monoisotopic (exact) mass is 405 g/mol. The summed E-state index contributed by atoms with van der Waals surface area (Å²) in [5.41, 5.74) is 0.163. The second-order valence-corrected chi connectivity index (χ2v) is 8.45. The smallest absolute Gasteiger partial charge is 0.279 e. The Balaban J connectivity index is 1.28. The zero-order valence-corrected chi connectivity index (χ0v) is 16.2. The van der Waals surface area contributed by atoms with Gasteiger partial charge >= 0.3 is 0 Å². The summed E-state index contributed by atoms with van der Waals surface area (Å²) in [6.07, 6.45) is 5.47. The zero-order valence-electron chi connectivity index (χ0n) is 14.6. The number of amides is 1. The van der Waals surface area contributed by atoms with Crippen molar-refractivity contribution in [2.45, 2.75) is 23.6 Å². The summed E-state index contributed by atoms with van der Waals surface area (Å²) < 4.78 is 11.2. The highest BCUT2D eigenvalue weighted by atomic mass is 32.2. The first kappa shape index (κ1) is 18.2. The topological polar surface area (TPSA) is 97.3 Å². The van der Waals surface area contributed by atoms with E-state index in [0.717, 1.165) is 16.6 Å². The Bertz CT molecular complexity index is 871. The molecular formula is C17H19N5O3S2. The number of carbonyl (C=O) groups excluding carboxylic acids is 1. The summed E-state index contributed by atoms with van der Waals surface area (Å²) in [6, 6.07) is 5.01. The summed E-state index contributed by atoms with van der Waals surface area (Å²) in [7, 11) is 0. The van der Waals surface area contributed by atoms with Gasteiger partial charge in [-0.3, -0.25) is 10.1 Å². The van der Waals surface area contributed by atoms with E-state index < -0.39 is 5.91 Å². The van der Waals surface area contributed by atoms with Gasteiger partial charge in [-0.1, -0.05) is 34.7 Å². The molecule has 1 fully saturated rings. The van der Waals surface area contributed by atoms with Crippen LogP contribution in [0.3, 0.4) is 0 Å². The molecule has 0 aliphatic carbocycles. The number of nitrogens with one attached hydrogen (secondary N) is 1. The predicted molar refractivity (Wildman–Crippen MR) is 103 cm³/mol. The van der Waals surface area contributed by atoms with Crippen LogP contribution in [0.1, 0.15) is 29.8 Å². The maximum atomic E-state index is 12.3. The van der Waals surface area contributed by atoms with Crippen LogP contribution in [0, 0.1) is 0 Å². The second-order valence-electron chi connectivity index (χ2n) is 6.13. The molecular weight excluding hydrogens is 386 g/mol. The van der Waals surface area contributed by atoms with Gasteiger partial charge in [0.2, 0.25) is 10.9 Å². The molecule has 0 aromatic carbocycles. The zero-order chi connectivity index (χ0) is 18.5. The minimum atomic E-state index is -0.391. The molecule has 1 amide bonds. The Morgan fingerprint density at radius 3 is 2.96 bits per heavy atom. The number of aromatic nitrogens is 3. The third-order valence-corrected chi connectivity index (χ3v) is 6.17. The fourth-order valence-electron chi connectivity index (χ4n) is 2.84. The largest absolute Gasteiger partial charge is 0.461 e. The predicted octanol–water partition coefficient (Wildman–Crippen LogP) is 3.62. The fourth-order valence-corrected chi connectivity index (χ4v) is 4.66. The van der Waals surface area contributed by atoms with Gasteiger partial charge in [-0.05, 0) is 38.1 Å². The highest BCUT2D eigenvalue weighted by Crippen LogP contribution is 2.26. The van der Waals surface area contributed by atoms with Gasteiger partial charge in [-0.15, -0.1) is 10.2 Å². The number of rotatable bonds is 7. The lowest BCUT2D eigenvalue weighted by Gasteiger charge is -2.25. The van der Waals surface area contributed by atoms with E-state index >= 15 is 0 Å². The molecule has 0 unspecified atom stereocenters. The number of hydrogen-bond donors (Lipinski definition) is 1. The molecule has 4 heterocycles. The number of furan rings is 1. The molecule has 4 rings (SSSR count). The van der Waals surface area contributed by atoms with Crippen LogP contribution < -0.4 is 5.32 Å². The van der Waals surface area contributed by atoms with Crippen molar-refractivity contribution >= 4 is 34.1 Å². The number of anilines is 1. The highest BCUT2D eigenvalue weighted by molar-refractivity contribution is 8.01. The van der Waals surface area contributed by atoms with Gasteiger partial charge in [-0.25, -0.2) is 0 Å². The number of carbonyl (C=O) groups is 1. The normalized spacial score (nSPS) is 15.1. The van der Waals surface area contributed by atoms with Crippen molar-refractivity contribution in [1.29, 1.82) is 0 Å². The Labute approximate surface area is 164 Å². The van der Waals surface area contributed by atoms with Gasteiger partial charge in [0.25, 0.3) is 5.91 Å². The number of likely N-dealkylation sites (tertiary alicyclic amines) is 1. The molecule has 0 atom stereocenters. The average Bonchev–Trinajstić information content (AvgIpc) is 3.44. The van der Waals surface area contributed by atoms with E-state index in [0.29, 0.717) is 16.7 Å². The molecule has 0 bridgehead atoms. The van der Waals surface area contributed by atoms with E-state index in [1.807, 2.05) is 0 Å². The maximum Gasteiger partial charge on any atom is 0.279 e. The summed E-state index contributed by atoms with van der Waals surface area (Å²) in [5, 5.41) is 15.1. The number of hydrogen-bond acceptors (Lipinski definition) is 9. The van der Waals surface area contributed by atoms with Gasteiger partial charge < -0.3 is 13.8 Å². The maximum absolute atomic E-state index is 12.3. The average molecular weight is 406 g/mol. The molecule has 0 radical (unpaired) electrons. The molecule has 1 saturated heterocycles. The SMILES string of the molecule is O=C(Nc1nnc(SCCN2CCCCC2)s1)c1cc(-c2ccco2)on1. The summed E-state index contributed by atoms with van der Waals surface area (Å²) in [6.45, 7) is 3.44. The van der Waals surface area contributed by atoms with Crippen molar-refractivity contribution in [3.63, 3.8) is 0 Å². The number of nitrogens with zero attached hydrogens (tertiary/aromatic N) is 4. The molecule has 8 nitrogen and oxygen atoms in total. The van der Waals surface area contributed by atoms with Crippen LogP contribution >= 0.6 is 23.1 Å². The Morgan fingerprint density at radius 2 is 2.15 bits per heavy atom. The number of piperidine rings is 1. The molecule has 27 heavy (non-hydrogen) atoms. The van der Waals surface area contributed by atoms with E-state index in [-0.39, 0.29) is 5.69 Å². The van der Waals surface area contributed by atoms with Crippen LogP contribution in [0.15, 0.2) is 37.7 Å². The van der Waals surface area contributed by atoms with Crippen LogP contribution in [0.4, 0.5) is 5.13 Å². The van der Waals surface area contributed by atoms with E-state index in [4.69, 9.17) is 8.94 Å². The Hall–Kier alpha value is -2.17. The third kappa shape index (κ3) is 4.76. The van der Waals surface area contributed by atoms with E-state index in [1.54, 1.807) is 23.9 Å². The minimum absolute atomic E-state index is 0.163. The first-order valence-corrected chi connectivity index (χ1v) is 10.6. The molecule has 0 spiro atoms. The highest BCUT2D eigenvalue weighted by Gasteiger charge is 2.17. The van der Waals surface area contributed by atoms with Crippen LogP contribution in [0.2, 0.25) is 0 Å². The molecule has 0 saturated carbocycles. The van der Waals surface area contributed by atoms with Crippen molar-refractivity contribution in [1.82, 2.24) is 20.3 Å². The van der Waals surface area contributed by atoms with Crippen molar-refractivity contribution in [3.8, 4) is 11.5 Å². The lowest BCUT2D eigenvalue weighted by Crippen LogP contribution is -2.31. The summed E-state index contributed by atoms with van der Waals surface area (Å²) in [5.74, 6) is 1.50. The van der Waals surface area contributed by atoms with Gasteiger partial charge in [-0.2, -0.15) is 0 Å². The van der Waals surface area contributed by atoms with E-state index in [9.17, 15) is 4.79 Å². The molecule has 3 aromatic rings. The minimum Gasteiger partial charge on any atom is -0.461 e. The van der Waals surface area contributed by atoms with Crippen molar-refractivity contribution < 1.29 is 13.7 Å². The van der Waals surface area contributed by atoms with Gasteiger partial charge in [0, 0.05) is 18.4 Å².